The summed E-state index contributed by atoms with van der Waals surface area (Å²) in [5.74, 6) is -0.805. The van der Waals surface area contributed by atoms with Crippen molar-refractivity contribution in [2.45, 2.75) is 32.1 Å². The van der Waals surface area contributed by atoms with Crippen LogP contribution in [0, 0.1) is 5.92 Å². The van der Waals surface area contributed by atoms with Crippen molar-refractivity contribution in [1.29, 1.82) is 0 Å². The molecule has 0 saturated heterocycles. The number of sulfone groups is 2. The highest BCUT2D eigenvalue weighted by Gasteiger charge is 2.39. The first-order valence-corrected chi connectivity index (χ1v) is 12.7. The van der Waals surface area contributed by atoms with Gasteiger partial charge in [-0.3, -0.25) is 0 Å². The molecular weight excluding hydrogens is 420 g/mol. The Bertz CT molecular complexity index is 1000. The average molecular weight is 443 g/mol. The fourth-order valence-electron chi connectivity index (χ4n) is 3.08. The summed E-state index contributed by atoms with van der Waals surface area (Å²) >= 11 is 5.86. The van der Waals surface area contributed by atoms with Gasteiger partial charge in [0, 0.05) is 5.02 Å². The molecule has 1 aliphatic rings. The van der Waals surface area contributed by atoms with Crippen molar-refractivity contribution in [2.75, 3.05) is 11.5 Å². The molecule has 1 fully saturated rings. The summed E-state index contributed by atoms with van der Waals surface area (Å²) in [6, 6.07) is 6.75. The smallest absolute Gasteiger partial charge is 0.359 e. The lowest BCUT2D eigenvalue weighted by molar-refractivity contribution is 0.00385. The molecule has 2 rings (SSSR count). The van der Waals surface area contributed by atoms with Gasteiger partial charge >= 0.3 is 4.38 Å². The van der Waals surface area contributed by atoms with Crippen molar-refractivity contribution in [3.8, 4) is 0 Å². The largest absolute Gasteiger partial charge is 0.495 e. The second-order valence-electron chi connectivity index (χ2n) is 6.71. The molecule has 0 aliphatic heterocycles. The minimum Gasteiger partial charge on any atom is -0.359 e. The summed E-state index contributed by atoms with van der Waals surface area (Å²) < 4.78 is 48.2. The summed E-state index contributed by atoms with van der Waals surface area (Å²) in [5.41, 5.74) is 9.73. The van der Waals surface area contributed by atoms with Crippen molar-refractivity contribution in [3.63, 3.8) is 0 Å². The van der Waals surface area contributed by atoms with Crippen molar-refractivity contribution in [2.24, 2.45) is 5.92 Å². The van der Waals surface area contributed by atoms with Crippen molar-refractivity contribution in [3.05, 3.63) is 58.6 Å². The molecule has 152 valence electrons. The molecule has 0 unspecified atom stereocenters. The molecule has 0 spiro atoms. The first-order chi connectivity index (χ1) is 13.2. The monoisotopic (exact) mass is 442 g/mol. The lowest BCUT2D eigenvalue weighted by atomic mass is 9.89. The van der Waals surface area contributed by atoms with Crippen LogP contribution in [0.15, 0.2) is 42.5 Å². The predicted molar refractivity (Wildman–Crippen MR) is 112 cm³/mol. The molecule has 0 heterocycles. The SMILES string of the molecule is [N-]=[N+]=C(S(=O)(=O)CC=Cc1cccc(Cl)c1)S(=O)(=O)CC=CC1CCCCC1. The third-order valence-electron chi connectivity index (χ3n) is 4.46. The normalized spacial score (nSPS) is 16.5. The maximum absolute atomic E-state index is 12.4. The van der Waals surface area contributed by atoms with Crippen LogP contribution in [0.1, 0.15) is 37.7 Å². The van der Waals surface area contributed by atoms with E-state index >= 15 is 0 Å². The second kappa shape index (κ2) is 10.2. The quantitative estimate of drug-likeness (QED) is 0.219. The van der Waals surface area contributed by atoms with Gasteiger partial charge in [-0.05, 0) is 36.5 Å². The van der Waals surface area contributed by atoms with Crippen LogP contribution < -0.4 is 0 Å². The standard InChI is InChI=1S/C19H23ClN2O4S2/c20-18-12-4-9-17(15-18)11-6-14-28(25,26)19(22-21)27(23,24)13-5-10-16-7-2-1-3-8-16/h4-6,9-12,15-16H,1-3,7-8,13-14H2. The zero-order valence-electron chi connectivity index (χ0n) is 15.4. The fraction of sp³-hybridized carbons (Fsp3) is 0.421. The van der Waals surface area contributed by atoms with Gasteiger partial charge in [0.05, 0.1) is 11.5 Å². The van der Waals surface area contributed by atoms with E-state index in [1.807, 2.05) is 6.08 Å². The molecule has 0 aromatic heterocycles. The van der Waals surface area contributed by atoms with Gasteiger partial charge in [-0.15, -0.1) is 4.79 Å². The summed E-state index contributed by atoms with van der Waals surface area (Å²) in [7, 11) is -8.57. The van der Waals surface area contributed by atoms with Crippen molar-refractivity contribution >= 4 is 41.7 Å². The molecule has 0 N–H and O–H groups in total. The second-order valence-corrected chi connectivity index (χ2v) is 11.3. The molecule has 0 atom stereocenters. The maximum atomic E-state index is 12.4. The highest BCUT2D eigenvalue weighted by molar-refractivity contribution is 8.31. The van der Waals surface area contributed by atoms with Gasteiger partial charge < -0.3 is 5.53 Å². The number of halogens is 1. The Kier molecular flexibility index (Phi) is 8.19. The van der Waals surface area contributed by atoms with Crippen LogP contribution >= 0.6 is 11.6 Å². The number of allylic oxidation sites excluding steroid dienone is 1. The number of benzene rings is 1. The van der Waals surface area contributed by atoms with Gasteiger partial charge in [0.25, 0.3) is 19.7 Å². The van der Waals surface area contributed by atoms with Gasteiger partial charge in [0.1, 0.15) is 0 Å². The number of hydrogen-bond acceptors (Lipinski definition) is 4. The fourth-order valence-corrected chi connectivity index (χ4v) is 6.49. The van der Waals surface area contributed by atoms with Crippen LogP contribution in [0.25, 0.3) is 11.6 Å². The maximum Gasteiger partial charge on any atom is 0.495 e. The Morgan fingerprint density at radius 2 is 1.71 bits per heavy atom. The Labute approximate surface area is 171 Å². The zero-order chi connectivity index (χ0) is 20.6. The molecule has 1 aromatic rings. The van der Waals surface area contributed by atoms with E-state index in [0.29, 0.717) is 16.5 Å². The molecule has 6 nitrogen and oxygen atoms in total. The van der Waals surface area contributed by atoms with Crippen LogP contribution in [-0.2, 0) is 19.7 Å². The molecule has 28 heavy (non-hydrogen) atoms. The summed E-state index contributed by atoms with van der Waals surface area (Å²) in [5, 5.41) is 0.495. The van der Waals surface area contributed by atoms with Gasteiger partial charge in [-0.1, -0.05) is 67.3 Å². The lowest BCUT2D eigenvalue weighted by Crippen LogP contribution is -2.29. The van der Waals surface area contributed by atoms with Gasteiger partial charge in [-0.2, -0.15) is 0 Å². The molecule has 0 bridgehead atoms. The summed E-state index contributed by atoms with van der Waals surface area (Å²) in [6.45, 7) is 0. The Balaban J connectivity index is 2.06. The molecule has 9 heteroatoms. The third kappa shape index (κ3) is 6.71. The molecule has 1 saturated carbocycles. The number of hydrogen-bond donors (Lipinski definition) is 0. The van der Waals surface area contributed by atoms with E-state index in [9.17, 15) is 16.8 Å². The van der Waals surface area contributed by atoms with Gasteiger partial charge in [0.15, 0.2) is 0 Å². The Hall–Kier alpha value is -1.73. The minimum absolute atomic E-state index is 0.315. The zero-order valence-corrected chi connectivity index (χ0v) is 17.8. The van der Waals surface area contributed by atoms with Crippen molar-refractivity contribution in [1.82, 2.24) is 0 Å². The number of nitrogens with zero attached hydrogens (tertiary/aromatic N) is 2. The van der Waals surface area contributed by atoms with Crippen LogP contribution in [0.4, 0.5) is 0 Å². The number of rotatable bonds is 6. The highest BCUT2D eigenvalue weighted by Crippen LogP contribution is 2.24. The highest BCUT2D eigenvalue weighted by atomic mass is 35.5. The predicted octanol–water partition coefficient (Wildman–Crippen LogP) is 3.91. The third-order valence-corrected chi connectivity index (χ3v) is 8.71. The van der Waals surface area contributed by atoms with Crippen molar-refractivity contribution < 1.29 is 21.6 Å². The first kappa shape index (κ1) is 22.6. The van der Waals surface area contributed by atoms with Gasteiger partial charge in [0.2, 0.25) is 0 Å². The van der Waals surface area contributed by atoms with Crippen LogP contribution in [-0.4, -0.2) is 37.5 Å². The topological polar surface area (TPSA) is 105 Å². The van der Waals surface area contributed by atoms with E-state index in [4.69, 9.17) is 17.1 Å². The molecule has 0 radical (unpaired) electrons. The molecule has 1 aromatic carbocycles. The van der Waals surface area contributed by atoms with Crippen LogP contribution in [0.2, 0.25) is 5.02 Å². The van der Waals surface area contributed by atoms with E-state index in [-0.39, 0.29) is 0 Å². The van der Waals surface area contributed by atoms with E-state index in [1.54, 1.807) is 24.3 Å². The Morgan fingerprint density at radius 1 is 1.07 bits per heavy atom. The molecule has 0 amide bonds. The summed E-state index contributed by atoms with van der Waals surface area (Å²) in [6.07, 6.45) is 11.5. The van der Waals surface area contributed by atoms with E-state index < -0.39 is 35.6 Å². The van der Waals surface area contributed by atoms with Gasteiger partial charge in [-0.25, -0.2) is 16.8 Å². The Morgan fingerprint density at radius 3 is 2.32 bits per heavy atom. The minimum atomic E-state index is -4.31. The average Bonchev–Trinajstić information content (AvgIpc) is 2.62. The lowest BCUT2D eigenvalue weighted by Gasteiger charge is -2.17. The summed E-state index contributed by atoms with van der Waals surface area (Å²) in [4.78, 5) is 2.59. The molecular formula is C19H23ClN2O4S2. The van der Waals surface area contributed by atoms with E-state index in [0.717, 1.165) is 25.7 Å². The van der Waals surface area contributed by atoms with E-state index in [1.165, 1.54) is 24.6 Å². The van der Waals surface area contributed by atoms with Crippen LogP contribution in [0.5, 0.6) is 0 Å². The molecule has 1 aliphatic carbocycles. The first-order valence-electron chi connectivity index (χ1n) is 9.01. The van der Waals surface area contributed by atoms with E-state index in [2.05, 4.69) is 4.79 Å². The van der Waals surface area contributed by atoms with Crippen LogP contribution in [0.3, 0.4) is 0 Å².